The van der Waals surface area contributed by atoms with Crippen molar-refractivity contribution in [3.8, 4) is 22.6 Å². The number of hydrogen-bond donors (Lipinski definition) is 2. The van der Waals surface area contributed by atoms with Gasteiger partial charge in [-0.25, -0.2) is 13.2 Å². The third-order valence-electron chi connectivity index (χ3n) is 9.50. The van der Waals surface area contributed by atoms with Crippen LogP contribution in [0.3, 0.4) is 0 Å². The largest absolute Gasteiger partial charge is 0.496 e. The number of methoxy groups -OCH3 is 1. The predicted octanol–water partition coefficient (Wildman–Crippen LogP) is 7.93. The van der Waals surface area contributed by atoms with E-state index >= 15 is 8.78 Å². The number of hydrogen-bond acceptors (Lipinski definition) is 7. The number of piperidine rings is 1. The molecule has 1 aliphatic carbocycles. The molecule has 0 bridgehead atoms. The number of rotatable bonds is 12. The highest BCUT2D eigenvalue weighted by atomic mass is 35.5. The molecule has 3 aromatic carbocycles. The summed E-state index contributed by atoms with van der Waals surface area (Å²) in [5.74, 6) is -4.16. The Labute approximate surface area is 315 Å². The first kappa shape index (κ1) is 40.2. The molecule has 2 fully saturated rings. The number of benzene rings is 3. The molecule has 1 heterocycles. The number of amides is 2. The summed E-state index contributed by atoms with van der Waals surface area (Å²) in [6, 6.07) is 13.1. The third-order valence-corrected chi connectivity index (χ3v) is 11.2. The number of carbonyl (C=O) groups is 2. The molecule has 1 aliphatic heterocycles. The molecule has 288 valence electrons. The fraction of sp³-hybridized carbons (Fsp3) is 0.487. The maximum Gasteiger partial charge on any atom is 0.407 e. The number of sulfonamides is 1. The summed E-state index contributed by atoms with van der Waals surface area (Å²) in [6.45, 7) is 5.71. The van der Waals surface area contributed by atoms with Crippen LogP contribution in [0.4, 0.5) is 13.6 Å². The normalized spacial score (nSPS) is 16.8. The first-order valence-electron chi connectivity index (χ1n) is 17.9. The quantitative estimate of drug-likeness (QED) is 0.192. The van der Waals surface area contributed by atoms with Crippen molar-refractivity contribution >= 4 is 33.6 Å². The van der Waals surface area contributed by atoms with E-state index in [4.69, 9.17) is 25.8 Å². The van der Waals surface area contributed by atoms with Gasteiger partial charge in [-0.1, -0.05) is 55.1 Å². The summed E-state index contributed by atoms with van der Waals surface area (Å²) < 4.78 is 79.8. The minimum Gasteiger partial charge on any atom is -0.496 e. The number of ether oxygens (including phenoxy) is 3. The van der Waals surface area contributed by atoms with Crippen molar-refractivity contribution in [3.05, 3.63) is 77.3 Å². The smallest absolute Gasteiger partial charge is 0.407 e. The Bertz CT molecular complexity index is 1820. The molecule has 1 atom stereocenters. The average molecular weight is 776 g/mol. The zero-order chi connectivity index (χ0) is 38.4. The zero-order valence-electron chi connectivity index (χ0n) is 30.5. The maximum atomic E-state index is 16.8. The second kappa shape index (κ2) is 17.0. The van der Waals surface area contributed by atoms with Crippen LogP contribution in [0.25, 0.3) is 11.1 Å². The van der Waals surface area contributed by atoms with Gasteiger partial charge in [0.05, 0.1) is 18.6 Å². The van der Waals surface area contributed by atoms with Gasteiger partial charge in [-0.2, -0.15) is 13.5 Å². The van der Waals surface area contributed by atoms with Crippen LogP contribution in [-0.4, -0.2) is 69.8 Å². The molecular formula is C39H48ClF2N3O7S. The highest BCUT2D eigenvalue weighted by Crippen LogP contribution is 2.40. The fourth-order valence-electron chi connectivity index (χ4n) is 6.62. The summed E-state index contributed by atoms with van der Waals surface area (Å²) in [7, 11) is -3.32. The lowest BCUT2D eigenvalue weighted by molar-refractivity contribution is -0.145. The molecule has 3 aromatic rings. The number of nitrogens with zero attached hydrogens (tertiary/aromatic N) is 1. The Morgan fingerprint density at radius 1 is 0.925 bits per heavy atom. The van der Waals surface area contributed by atoms with E-state index in [1.807, 2.05) is 0 Å². The fourth-order valence-corrected chi connectivity index (χ4v) is 7.94. The molecular weight excluding hydrogens is 728 g/mol. The van der Waals surface area contributed by atoms with E-state index in [0.29, 0.717) is 34.4 Å². The molecule has 2 N–H and O–H groups in total. The van der Waals surface area contributed by atoms with Crippen LogP contribution in [0.15, 0.2) is 71.6 Å². The van der Waals surface area contributed by atoms with Crippen molar-refractivity contribution in [2.24, 2.45) is 5.92 Å². The number of halogens is 3. The van der Waals surface area contributed by atoms with Gasteiger partial charge >= 0.3 is 6.09 Å². The molecule has 2 amide bonds. The molecule has 2 aliphatic rings. The summed E-state index contributed by atoms with van der Waals surface area (Å²) >= 11 is 6.03. The highest BCUT2D eigenvalue weighted by Gasteiger charge is 2.50. The number of alkyl halides is 2. The highest BCUT2D eigenvalue weighted by molar-refractivity contribution is 7.89. The molecule has 53 heavy (non-hydrogen) atoms. The molecule has 0 spiro atoms. The van der Waals surface area contributed by atoms with E-state index in [1.54, 1.807) is 45.0 Å². The van der Waals surface area contributed by atoms with Crippen LogP contribution in [0.2, 0.25) is 5.02 Å². The summed E-state index contributed by atoms with van der Waals surface area (Å²) in [6.07, 6.45) is 5.56. The number of nitrogens with one attached hydrogen (secondary N) is 2. The third kappa shape index (κ3) is 10.6. The van der Waals surface area contributed by atoms with Gasteiger partial charge in [0, 0.05) is 35.3 Å². The van der Waals surface area contributed by atoms with Crippen LogP contribution >= 0.6 is 11.6 Å². The van der Waals surface area contributed by atoms with Crippen LogP contribution in [0.1, 0.15) is 71.3 Å². The predicted molar refractivity (Wildman–Crippen MR) is 199 cm³/mol. The topological polar surface area (TPSA) is 123 Å². The monoisotopic (exact) mass is 775 g/mol. The van der Waals surface area contributed by atoms with Gasteiger partial charge in [-0.3, -0.25) is 4.79 Å². The minimum atomic E-state index is -4.65. The van der Waals surface area contributed by atoms with Crippen molar-refractivity contribution < 1.29 is 41.0 Å². The van der Waals surface area contributed by atoms with Gasteiger partial charge in [0.1, 0.15) is 17.1 Å². The summed E-state index contributed by atoms with van der Waals surface area (Å²) in [5.41, 5.74) is -0.184. The van der Waals surface area contributed by atoms with E-state index in [9.17, 15) is 18.0 Å². The number of alkyl carbamates (subject to hydrolysis) is 1. The lowest BCUT2D eigenvalue weighted by atomic mass is 9.90. The van der Waals surface area contributed by atoms with Crippen molar-refractivity contribution in [2.45, 2.75) is 94.2 Å². The summed E-state index contributed by atoms with van der Waals surface area (Å²) in [4.78, 5) is 27.3. The second-order valence-corrected chi connectivity index (χ2v) is 16.8. The Kier molecular flexibility index (Phi) is 12.9. The Hall–Kier alpha value is -3.94. The lowest BCUT2D eigenvalue weighted by Gasteiger charge is -2.36. The molecule has 0 radical (unpaired) electrons. The van der Waals surface area contributed by atoms with Crippen LogP contribution in [0.5, 0.6) is 11.5 Å². The molecule has 0 aromatic heterocycles. The van der Waals surface area contributed by atoms with E-state index in [1.165, 1.54) is 48.8 Å². The maximum absolute atomic E-state index is 16.8. The van der Waals surface area contributed by atoms with Gasteiger partial charge in [0.2, 0.25) is 15.9 Å². The van der Waals surface area contributed by atoms with Crippen LogP contribution in [-0.2, 0) is 25.5 Å². The van der Waals surface area contributed by atoms with Gasteiger partial charge < -0.3 is 24.4 Å². The van der Waals surface area contributed by atoms with Crippen LogP contribution < -0.4 is 19.5 Å². The molecule has 14 heteroatoms. The van der Waals surface area contributed by atoms with Crippen molar-refractivity contribution in [1.82, 2.24) is 14.9 Å². The van der Waals surface area contributed by atoms with Crippen LogP contribution in [0, 0.1) is 5.92 Å². The molecule has 5 rings (SSSR count). The Morgan fingerprint density at radius 2 is 1.57 bits per heavy atom. The number of carbonyl (C=O) groups excluding carboxylic acids is 2. The molecule has 1 saturated carbocycles. The minimum absolute atomic E-state index is 0.000535. The summed E-state index contributed by atoms with van der Waals surface area (Å²) in [5, 5.41) is 3.25. The lowest BCUT2D eigenvalue weighted by Crippen LogP contribution is -2.58. The number of likely N-dealkylation sites (tertiary alicyclic amines) is 1. The SMILES string of the molecule is COc1cc(C(F)(F)C(NS(=O)(=O)c2ccc(OCC3CCCCC3)cc2)C(=O)N2CCC(NC(=O)OC(C)(C)C)CC2)ccc1-c1ccc(Cl)cc1. The van der Waals surface area contributed by atoms with Crippen molar-refractivity contribution in [2.75, 3.05) is 26.8 Å². The van der Waals surface area contributed by atoms with E-state index in [0.717, 1.165) is 37.8 Å². The first-order chi connectivity index (χ1) is 25.1. The molecule has 10 nitrogen and oxygen atoms in total. The van der Waals surface area contributed by atoms with Crippen molar-refractivity contribution in [1.29, 1.82) is 0 Å². The Balaban J connectivity index is 1.39. The standard InChI is InChI=1S/C39H48ClF2N3O7S/c1-38(2,3)52-37(47)43-30-20-22-45(23-21-30)36(46)35(39(41,42)28-12-19-33(34(24-28)50-4)27-10-13-29(40)14-11-27)44-53(48,49)32-17-15-31(16-18-32)51-25-26-8-6-5-7-9-26/h10-19,24,26,30,35,44H,5-9,20-23,25H2,1-4H3,(H,43,47). The molecule has 1 unspecified atom stereocenters. The van der Waals surface area contributed by atoms with Gasteiger partial charge in [-0.05, 0) is 100 Å². The Morgan fingerprint density at radius 3 is 2.17 bits per heavy atom. The second-order valence-electron chi connectivity index (χ2n) is 14.6. The van der Waals surface area contributed by atoms with Gasteiger partial charge in [-0.15, -0.1) is 0 Å². The average Bonchev–Trinajstić information content (AvgIpc) is 3.13. The van der Waals surface area contributed by atoms with E-state index in [2.05, 4.69) is 10.0 Å². The van der Waals surface area contributed by atoms with Gasteiger partial charge in [0.15, 0.2) is 6.04 Å². The van der Waals surface area contributed by atoms with Gasteiger partial charge in [0.25, 0.3) is 5.92 Å². The first-order valence-corrected chi connectivity index (χ1v) is 19.8. The molecule has 1 saturated heterocycles. The van der Waals surface area contributed by atoms with Crippen molar-refractivity contribution in [3.63, 3.8) is 0 Å². The zero-order valence-corrected chi connectivity index (χ0v) is 32.1. The van der Waals surface area contributed by atoms with E-state index in [-0.39, 0.29) is 42.6 Å². The van der Waals surface area contributed by atoms with E-state index < -0.39 is 45.2 Å².